The number of nitrogens with zero attached hydrogens (tertiary/aromatic N) is 5. The lowest BCUT2D eigenvalue weighted by Crippen LogP contribution is -2.48. The van der Waals surface area contributed by atoms with E-state index in [1.54, 1.807) is 18.3 Å². The molecule has 10 heteroatoms. The van der Waals surface area contributed by atoms with Crippen molar-refractivity contribution in [1.82, 2.24) is 19.2 Å². The van der Waals surface area contributed by atoms with Crippen LogP contribution in [0.4, 0.5) is 10.1 Å². The number of amides is 1. The normalized spacial score (nSPS) is 14.7. The molecule has 0 atom stereocenters. The van der Waals surface area contributed by atoms with Crippen LogP contribution < -0.4 is 16.3 Å². The summed E-state index contributed by atoms with van der Waals surface area (Å²) < 4.78 is 15.5. The first-order valence-corrected chi connectivity index (χ1v) is 11.6. The number of anilines is 1. The van der Waals surface area contributed by atoms with Crippen molar-refractivity contribution in [2.75, 3.05) is 37.6 Å². The topological polar surface area (TPSA) is 89.4 Å². The van der Waals surface area contributed by atoms with Crippen LogP contribution in [0.2, 0.25) is 0 Å². The first kappa shape index (κ1) is 22.9. The van der Waals surface area contributed by atoms with Crippen molar-refractivity contribution < 1.29 is 9.18 Å². The minimum atomic E-state index is -0.299. The summed E-state index contributed by atoms with van der Waals surface area (Å²) in [6, 6.07) is 12.5. The maximum Gasteiger partial charge on any atom is 0.346 e. The summed E-state index contributed by atoms with van der Waals surface area (Å²) in [5.41, 5.74) is 7.74. The Hall–Kier alpha value is -3.24. The van der Waals surface area contributed by atoms with E-state index in [4.69, 9.17) is 5.73 Å². The molecule has 0 radical (unpaired) electrons. The van der Waals surface area contributed by atoms with E-state index in [9.17, 15) is 14.0 Å². The monoisotopic (exact) mass is 470 g/mol. The number of nitrogens with two attached hydrogens (primary N) is 1. The van der Waals surface area contributed by atoms with Crippen LogP contribution in [0, 0.1) is 0 Å². The molecule has 1 fully saturated rings. The summed E-state index contributed by atoms with van der Waals surface area (Å²) in [5.74, 6) is 0.130. The summed E-state index contributed by atoms with van der Waals surface area (Å²) in [6.07, 6.45) is 1.89. The molecule has 2 aromatic heterocycles. The Morgan fingerprint density at radius 2 is 1.88 bits per heavy atom. The van der Waals surface area contributed by atoms with E-state index in [-0.39, 0.29) is 24.7 Å². The van der Waals surface area contributed by atoms with Gasteiger partial charge in [-0.2, -0.15) is 5.10 Å². The van der Waals surface area contributed by atoms with Gasteiger partial charge in [-0.15, -0.1) is 11.3 Å². The molecule has 0 bridgehead atoms. The lowest BCUT2D eigenvalue weighted by molar-refractivity contribution is -0.129. The van der Waals surface area contributed by atoms with E-state index >= 15 is 0 Å². The number of aromatic nitrogens is 3. The van der Waals surface area contributed by atoms with Gasteiger partial charge in [-0.05, 0) is 35.4 Å². The van der Waals surface area contributed by atoms with Gasteiger partial charge in [-0.3, -0.25) is 9.36 Å². The number of rotatable bonds is 7. The third kappa shape index (κ3) is 5.23. The first-order chi connectivity index (χ1) is 16.0. The number of halogens is 1. The maximum atomic E-state index is 12.8. The van der Waals surface area contributed by atoms with E-state index in [2.05, 4.69) is 40.3 Å². The molecule has 2 N–H and O–H groups in total. The fraction of sp³-hybridized carbons (Fsp3) is 0.348. The fourth-order valence-corrected chi connectivity index (χ4v) is 4.84. The smallest absolute Gasteiger partial charge is 0.346 e. The van der Waals surface area contributed by atoms with E-state index in [0.717, 1.165) is 47.2 Å². The number of carbonyl (C=O) groups is 1. The number of carbonyl (C=O) groups excluding carboxylic acids is 1. The summed E-state index contributed by atoms with van der Waals surface area (Å²) in [6.45, 7) is 5.26. The van der Waals surface area contributed by atoms with Crippen molar-refractivity contribution in [2.24, 2.45) is 5.73 Å². The summed E-state index contributed by atoms with van der Waals surface area (Å²) in [4.78, 5) is 30.3. The maximum absolute atomic E-state index is 12.8. The average molecular weight is 471 g/mol. The quantitative estimate of drug-likeness (QED) is 0.572. The SMILES string of the molecule is CC(=O)N1CCN(c2ccc(-c3ccc(Cn4cnn(C/C(=C/F)CN)c4=O)s3)cc2)CC1. The molecule has 0 unspecified atom stereocenters. The number of thiophene rings is 1. The lowest BCUT2D eigenvalue weighted by Gasteiger charge is -2.35. The average Bonchev–Trinajstić information content (AvgIpc) is 3.45. The Kier molecular flexibility index (Phi) is 7.05. The van der Waals surface area contributed by atoms with Crippen molar-refractivity contribution in [3.05, 3.63) is 70.0 Å². The zero-order chi connectivity index (χ0) is 23.4. The van der Waals surface area contributed by atoms with Crippen LogP contribution >= 0.6 is 11.3 Å². The largest absolute Gasteiger partial charge is 0.368 e. The van der Waals surface area contributed by atoms with Gasteiger partial charge in [0.1, 0.15) is 6.33 Å². The van der Waals surface area contributed by atoms with Crippen molar-refractivity contribution >= 4 is 22.9 Å². The molecular formula is C23H27FN6O2S. The van der Waals surface area contributed by atoms with Crippen LogP contribution in [0.1, 0.15) is 11.8 Å². The summed E-state index contributed by atoms with van der Waals surface area (Å²) >= 11 is 1.62. The molecule has 0 spiro atoms. The minimum absolute atomic E-state index is 0.0392. The van der Waals surface area contributed by atoms with Crippen molar-refractivity contribution in [2.45, 2.75) is 20.0 Å². The highest BCUT2D eigenvalue weighted by molar-refractivity contribution is 7.15. The van der Waals surface area contributed by atoms with Crippen molar-refractivity contribution in [1.29, 1.82) is 0 Å². The Morgan fingerprint density at radius 3 is 2.52 bits per heavy atom. The zero-order valence-corrected chi connectivity index (χ0v) is 19.3. The Morgan fingerprint density at radius 1 is 1.15 bits per heavy atom. The van der Waals surface area contributed by atoms with Gasteiger partial charge in [-0.1, -0.05) is 12.1 Å². The second kappa shape index (κ2) is 10.1. The second-order valence-electron chi connectivity index (χ2n) is 7.98. The minimum Gasteiger partial charge on any atom is -0.368 e. The molecule has 3 aromatic rings. The van der Waals surface area contributed by atoms with Crippen LogP contribution in [0.15, 0.2) is 59.4 Å². The molecule has 174 valence electrons. The summed E-state index contributed by atoms with van der Waals surface area (Å²) in [5, 5.41) is 4.06. The highest BCUT2D eigenvalue weighted by atomic mass is 32.1. The second-order valence-corrected chi connectivity index (χ2v) is 9.14. The van der Waals surface area contributed by atoms with Gasteiger partial charge in [0.25, 0.3) is 0 Å². The predicted molar refractivity (Wildman–Crippen MR) is 128 cm³/mol. The van der Waals surface area contributed by atoms with Gasteiger partial charge in [0.2, 0.25) is 5.91 Å². The molecule has 1 saturated heterocycles. The van der Waals surface area contributed by atoms with Gasteiger partial charge in [0.15, 0.2) is 0 Å². The molecule has 0 aliphatic carbocycles. The number of benzene rings is 1. The number of hydrogen-bond donors (Lipinski definition) is 1. The first-order valence-electron chi connectivity index (χ1n) is 10.8. The molecule has 1 aliphatic heterocycles. The highest BCUT2D eigenvalue weighted by Gasteiger charge is 2.18. The highest BCUT2D eigenvalue weighted by Crippen LogP contribution is 2.30. The van der Waals surface area contributed by atoms with E-state index in [1.807, 2.05) is 11.0 Å². The van der Waals surface area contributed by atoms with Gasteiger partial charge in [0, 0.05) is 55.1 Å². The predicted octanol–water partition coefficient (Wildman–Crippen LogP) is 2.30. The fourth-order valence-electron chi connectivity index (χ4n) is 3.83. The van der Waals surface area contributed by atoms with E-state index < -0.39 is 0 Å². The molecular weight excluding hydrogens is 443 g/mol. The van der Waals surface area contributed by atoms with Gasteiger partial charge in [0.05, 0.1) is 19.4 Å². The van der Waals surface area contributed by atoms with Crippen LogP contribution in [0.5, 0.6) is 0 Å². The van der Waals surface area contributed by atoms with Crippen molar-refractivity contribution in [3.63, 3.8) is 0 Å². The lowest BCUT2D eigenvalue weighted by atomic mass is 10.1. The molecule has 1 aliphatic rings. The molecule has 1 aromatic carbocycles. The van der Waals surface area contributed by atoms with Gasteiger partial charge in [-0.25, -0.2) is 13.9 Å². The molecule has 33 heavy (non-hydrogen) atoms. The van der Waals surface area contributed by atoms with Gasteiger partial charge >= 0.3 is 5.69 Å². The molecule has 1 amide bonds. The third-order valence-corrected chi connectivity index (χ3v) is 6.92. The molecule has 3 heterocycles. The zero-order valence-electron chi connectivity index (χ0n) is 18.5. The molecule has 8 nitrogen and oxygen atoms in total. The van der Waals surface area contributed by atoms with E-state index in [1.165, 1.54) is 15.6 Å². The third-order valence-electron chi connectivity index (χ3n) is 5.80. The van der Waals surface area contributed by atoms with E-state index in [0.29, 0.717) is 18.4 Å². The van der Waals surface area contributed by atoms with Gasteiger partial charge < -0.3 is 15.5 Å². The van der Waals surface area contributed by atoms with Crippen LogP contribution in [0.25, 0.3) is 10.4 Å². The standard InChI is InChI=1S/C23H27FN6O2S/c1-17(31)27-8-10-28(11-9-27)20-4-2-19(3-5-20)22-7-6-21(33-22)15-29-16-26-30(23(29)32)14-18(12-24)13-25/h2-7,12,16H,8-11,13-15,25H2,1H3/b18-12+. The number of piperazine rings is 1. The van der Waals surface area contributed by atoms with Crippen LogP contribution in [0.3, 0.4) is 0 Å². The molecule has 4 rings (SSSR count). The Labute approximate surface area is 195 Å². The number of hydrogen-bond acceptors (Lipinski definition) is 6. The summed E-state index contributed by atoms with van der Waals surface area (Å²) in [7, 11) is 0. The van der Waals surface area contributed by atoms with Crippen LogP contribution in [-0.2, 0) is 17.9 Å². The Bertz CT molecular complexity index is 1190. The molecule has 0 saturated carbocycles. The Balaban J connectivity index is 1.40. The van der Waals surface area contributed by atoms with Crippen LogP contribution in [-0.4, -0.2) is 57.9 Å². The van der Waals surface area contributed by atoms with Crippen molar-refractivity contribution in [3.8, 4) is 10.4 Å².